The van der Waals surface area contributed by atoms with Gasteiger partial charge in [-0.25, -0.2) is 4.39 Å². The topological polar surface area (TPSA) is 29.1 Å². The van der Waals surface area contributed by atoms with E-state index in [4.69, 9.17) is 0 Å². The lowest BCUT2D eigenvalue weighted by Crippen LogP contribution is -2.12. The second-order valence-corrected chi connectivity index (χ2v) is 4.84. The molecule has 0 saturated carbocycles. The van der Waals surface area contributed by atoms with Gasteiger partial charge in [0.05, 0.1) is 0 Å². The first kappa shape index (κ1) is 12.8. The van der Waals surface area contributed by atoms with E-state index in [2.05, 4.69) is 21.2 Å². The van der Waals surface area contributed by atoms with Crippen LogP contribution < -0.4 is 5.32 Å². The minimum Gasteiger partial charge on any atom is -0.322 e. The summed E-state index contributed by atoms with van der Waals surface area (Å²) < 4.78 is 13.8. The standard InChI is InChI=1S/C14H11BrFNO/c1-9-8-12(16)6-7-13(9)17-14(18)10-2-4-11(15)5-3-10/h2-8H,1H3,(H,17,18). The lowest BCUT2D eigenvalue weighted by molar-refractivity contribution is 0.102. The van der Waals surface area contributed by atoms with Crippen molar-refractivity contribution in [1.82, 2.24) is 0 Å². The molecule has 0 aromatic heterocycles. The summed E-state index contributed by atoms with van der Waals surface area (Å²) in [6.45, 7) is 1.75. The van der Waals surface area contributed by atoms with Crippen LogP contribution in [0.4, 0.5) is 10.1 Å². The molecule has 0 spiro atoms. The van der Waals surface area contributed by atoms with Crippen molar-refractivity contribution in [2.75, 3.05) is 5.32 Å². The predicted octanol–water partition coefficient (Wildman–Crippen LogP) is 4.15. The molecule has 1 amide bonds. The second kappa shape index (κ2) is 5.31. The van der Waals surface area contributed by atoms with Crippen molar-refractivity contribution >= 4 is 27.5 Å². The van der Waals surface area contributed by atoms with Gasteiger partial charge in [0, 0.05) is 15.7 Å². The van der Waals surface area contributed by atoms with Crippen LogP contribution in [0, 0.1) is 12.7 Å². The van der Waals surface area contributed by atoms with Crippen LogP contribution in [0.25, 0.3) is 0 Å². The minimum absolute atomic E-state index is 0.211. The van der Waals surface area contributed by atoms with Gasteiger partial charge in [-0.3, -0.25) is 4.79 Å². The molecule has 0 aliphatic heterocycles. The zero-order valence-electron chi connectivity index (χ0n) is 9.71. The Morgan fingerprint density at radius 1 is 1.17 bits per heavy atom. The molecular weight excluding hydrogens is 297 g/mol. The number of hydrogen-bond donors (Lipinski definition) is 1. The normalized spacial score (nSPS) is 10.2. The molecule has 92 valence electrons. The van der Waals surface area contributed by atoms with Gasteiger partial charge in [-0.2, -0.15) is 0 Å². The van der Waals surface area contributed by atoms with Crippen LogP contribution >= 0.6 is 15.9 Å². The van der Waals surface area contributed by atoms with E-state index in [0.29, 0.717) is 16.8 Å². The molecule has 0 saturated heterocycles. The Morgan fingerprint density at radius 3 is 2.44 bits per heavy atom. The maximum atomic E-state index is 12.9. The maximum absolute atomic E-state index is 12.9. The Kier molecular flexibility index (Phi) is 3.77. The Balaban J connectivity index is 2.18. The first-order chi connectivity index (χ1) is 8.56. The molecule has 2 aromatic rings. The highest BCUT2D eigenvalue weighted by molar-refractivity contribution is 9.10. The molecule has 2 nitrogen and oxygen atoms in total. The van der Waals surface area contributed by atoms with E-state index in [0.717, 1.165) is 4.47 Å². The molecule has 18 heavy (non-hydrogen) atoms. The van der Waals surface area contributed by atoms with Gasteiger partial charge in [0.15, 0.2) is 0 Å². The molecule has 0 heterocycles. The Labute approximate surface area is 113 Å². The van der Waals surface area contributed by atoms with Gasteiger partial charge < -0.3 is 5.32 Å². The zero-order valence-corrected chi connectivity index (χ0v) is 11.3. The van der Waals surface area contributed by atoms with Crippen molar-refractivity contribution < 1.29 is 9.18 Å². The van der Waals surface area contributed by atoms with E-state index >= 15 is 0 Å². The molecule has 0 fully saturated rings. The third-order valence-corrected chi connectivity index (χ3v) is 3.07. The van der Waals surface area contributed by atoms with Gasteiger partial charge in [-0.05, 0) is 55.0 Å². The Hall–Kier alpha value is -1.68. The van der Waals surface area contributed by atoms with Crippen LogP contribution in [0.15, 0.2) is 46.9 Å². The number of halogens is 2. The van der Waals surface area contributed by atoms with Gasteiger partial charge >= 0.3 is 0 Å². The lowest BCUT2D eigenvalue weighted by Gasteiger charge is -2.08. The van der Waals surface area contributed by atoms with E-state index in [1.54, 1.807) is 37.3 Å². The Bertz CT molecular complexity index is 581. The molecule has 2 aromatic carbocycles. The smallest absolute Gasteiger partial charge is 0.255 e. The SMILES string of the molecule is Cc1cc(F)ccc1NC(=O)c1ccc(Br)cc1. The number of nitrogens with one attached hydrogen (secondary N) is 1. The van der Waals surface area contributed by atoms with Crippen LogP contribution in [0.3, 0.4) is 0 Å². The van der Waals surface area contributed by atoms with Crippen LogP contribution in [0.5, 0.6) is 0 Å². The first-order valence-electron chi connectivity index (χ1n) is 5.39. The molecule has 2 rings (SSSR count). The quantitative estimate of drug-likeness (QED) is 0.887. The number of anilines is 1. The fraction of sp³-hybridized carbons (Fsp3) is 0.0714. The highest BCUT2D eigenvalue weighted by Gasteiger charge is 2.07. The van der Waals surface area contributed by atoms with E-state index in [1.807, 2.05) is 0 Å². The molecule has 1 N–H and O–H groups in total. The molecule has 4 heteroatoms. The average Bonchev–Trinajstić information content (AvgIpc) is 2.33. The van der Waals surface area contributed by atoms with Gasteiger partial charge in [-0.1, -0.05) is 15.9 Å². The van der Waals surface area contributed by atoms with Crippen LogP contribution in [-0.2, 0) is 0 Å². The number of benzene rings is 2. The zero-order chi connectivity index (χ0) is 13.1. The molecule has 0 bridgehead atoms. The first-order valence-corrected chi connectivity index (χ1v) is 6.18. The van der Waals surface area contributed by atoms with Gasteiger partial charge in [-0.15, -0.1) is 0 Å². The summed E-state index contributed by atoms with van der Waals surface area (Å²) in [6, 6.07) is 11.3. The van der Waals surface area contributed by atoms with Crippen molar-refractivity contribution in [1.29, 1.82) is 0 Å². The molecule has 0 unspecified atom stereocenters. The fourth-order valence-electron chi connectivity index (χ4n) is 1.56. The van der Waals surface area contributed by atoms with Crippen LogP contribution in [-0.4, -0.2) is 5.91 Å². The molecular formula is C14H11BrFNO. The van der Waals surface area contributed by atoms with Crippen molar-refractivity contribution in [3.63, 3.8) is 0 Å². The van der Waals surface area contributed by atoms with Gasteiger partial charge in [0.25, 0.3) is 5.91 Å². The van der Waals surface area contributed by atoms with Crippen molar-refractivity contribution in [2.24, 2.45) is 0 Å². The lowest BCUT2D eigenvalue weighted by atomic mass is 10.1. The Morgan fingerprint density at radius 2 is 1.83 bits per heavy atom. The van der Waals surface area contributed by atoms with Gasteiger partial charge in [0.1, 0.15) is 5.82 Å². The third-order valence-electron chi connectivity index (χ3n) is 2.54. The monoisotopic (exact) mass is 307 g/mol. The number of rotatable bonds is 2. The summed E-state index contributed by atoms with van der Waals surface area (Å²) in [7, 11) is 0. The minimum atomic E-state index is -0.311. The van der Waals surface area contributed by atoms with Crippen molar-refractivity contribution in [3.05, 3.63) is 63.9 Å². The molecule has 0 aliphatic carbocycles. The largest absolute Gasteiger partial charge is 0.322 e. The van der Waals surface area contributed by atoms with E-state index in [-0.39, 0.29) is 11.7 Å². The highest BCUT2D eigenvalue weighted by atomic mass is 79.9. The number of amides is 1. The van der Waals surface area contributed by atoms with Crippen LogP contribution in [0.2, 0.25) is 0 Å². The fourth-order valence-corrected chi connectivity index (χ4v) is 1.83. The maximum Gasteiger partial charge on any atom is 0.255 e. The number of aryl methyl sites for hydroxylation is 1. The number of hydrogen-bond acceptors (Lipinski definition) is 1. The molecule has 0 aliphatic rings. The summed E-state index contributed by atoms with van der Waals surface area (Å²) in [5.41, 5.74) is 1.87. The number of carbonyl (C=O) groups excluding carboxylic acids is 1. The highest BCUT2D eigenvalue weighted by Crippen LogP contribution is 2.17. The summed E-state index contributed by atoms with van der Waals surface area (Å²) in [5.74, 6) is -0.522. The van der Waals surface area contributed by atoms with Crippen molar-refractivity contribution in [2.45, 2.75) is 6.92 Å². The summed E-state index contributed by atoms with van der Waals surface area (Å²) >= 11 is 3.31. The summed E-state index contributed by atoms with van der Waals surface area (Å²) in [4.78, 5) is 11.9. The van der Waals surface area contributed by atoms with E-state index in [1.165, 1.54) is 12.1 Å². The third kappa shape index (κ3) is 2.96. The van der Waals surface area contributed by atoms with E-state index < -0.39 is 0 Å². The van der Waals surface area contributed by atoms with Gasteiger partial charge in [0.2, 0.25) is 0 Å². The summed E-state index contributed by atoms with van der Waals surface area (Å²) in [6.07, 6.45) is 0. The second-order valence-electron chi connectivity index (χ2n) is 3.92. The van der Waals surface area contributed by atoms with Crippen LogP contribution in [0.1, 0.15) is 15.9 Å². The number of carbonyl (C=O) groups is 1. The van der Waals surface area contributed by atoms with E-state index in [9.17, 15) is 9.18 Å². The average molecular weight is 308 g/mol. The molecule has 0 atom stereocenters. The predicted molar refractivity (Wildman–Crippen MR) is 73.2 cm³/mol. The molecule has 0 radical (unpaired) electrons. The van der Waals surface area contributed by atoms with Crippen molar-refractivity contribution in [3.8, 4) is 0 Å². The summed E-state index contributed by atoms with van der Waals surface area (Å²) in [5, 5.41) is 2.75.